The van der Waals surface area contributed by atoms with Crippen molar-refractivity contribution in [1.82, 2.24) is 15.1 Å². The molecule has 2 aromatic rings. The molecule has 3 amide bonds. The topological polar surface area (TPSA) is 79.0 Å². The number of ether oxygens (including phenoxy) is 1. The molecule has 0 aromatic heterocycles. The zero-order valence-corrected chi connectivity index (χ0v) is 20.8. The van der Waals surface area contributed by atoms with E-state index in [0.29, 0.717) is 50.4 Å². The Bertz CT molecular complexity index is 1060. The lowest BCUT2D eigenvalue weighted by molar-refractivity contribution is -0.144. The summed E-state index contributed by atoms with van der Waals surface area (Å²) in [7, 11) is 0. The van der Waals surface area contributed by atoms with Crippen molar-refractivity contribution in [3.63, 3.8) is 0 Å². The molecule has 35 heavy (non-hydrogen) atoms. The van der Waals surface area contributed by atoms with Crippen LogP contribution in [0.25, 0.3) is 0 Å². The zero-order valence-electron chi connectivity index (χ0n) is 20.8. The van der Waals surface area contributed by atoms with Gasteiger partial charge in [-0.25, -0.2) is 0 Å². The van der Waals surface area contributed by atoms with Gasteiger partial charge in [0, 0.05) is 44.5 Å². The molecule has 1 atom stereocenters. The third kappa shape index (κ3) is 5.56. The van der Waals surface area contributed by atoms with Gasteiger partial charge in [-0.2, -0.15) is 0 Å². The quantitative estimate of drug-likeness (QED) is 0.691. The Morgan fingerprint density at radius 1 is 1.06 bits per heavy atom. The van der Waals surface area contributed by atoms with Crippen LogP contribution in [0.1, 0.15) is 54.6 Å². The fourth-order valence-corrected chi connectivity index (χ4v) is 4.97. The van der Waals surface area contributed by atoms with Crippen LogP contribution in [-0.2, 0) is 20.9 Å². The molecule has 2 heterocycles. The standard InChI is InChI=1S/C28H35N3O4/c1-20(2)16-25(32)30-14-12-28(13-15-30)31(27(34)23-11-7-8-21(3)17-23)24(19-35-28)26(33)29-18-22-9-5-4-6-10-22/h4-11,17,20,24H,12-16,18-19H2,1-3H3,(H,29,33)/t24-/m0/s1. The van der Waals surface area contributed by atoms with Crippen LogP contribution < -0.4 is 5.32 Å². The van der Waals surface area contributed by atoms with Crippen molar-refractivity contribution in [3.8, 4) is 0 Å². The molecule has 0 aliphatic carbocycles. The van der Waals surface area contributed by atoms with Gasteiger partial charge in [0.1, 0.15) is 11.8 Å². The second-order valence-electron chi connectivity index (χ2n) is 10.00. The van der Waals surface area contributed by atoms with Gasteiger partial charge in [0.15, 0.2) is 0 Å². The second kappa shape index (κ2) is 10.6. The summed E-state index contributed by atoms with van der Waals surface area (Å²) in [6, 6.07) is 16.4. The maximum Gasteiger partial charge on any atom is 0.256 e. The Hall–Kier alpha value is -3.19. The zero-order chi connectivity index (χ0) is 25.0. The van der Waals surface area contributed by atoms with Crippen molar-refractivity contribution in [2.45, 2.75) is 58.3 Å². The number of carbonyl (C=O) groups is 3. The van der Waals surface area contributed by atoms with E-state index < -0.39 is 11.8 Å². The van der Waals surface area contributed by atoms with Crippen molar-refractivity contribution in [3.05, 3.63) is 71.3 Å². The number of carbonyl (C=O) groups excluding carboxylic acids is 3. The number of amides is 3. The molecule has 2 aromatic carbocycles. The monoisotopic (exact) mass is 477 g/mol. The number of benzene rings is 2. The van der Waals surface area contributed by atoms with Crippen molar-refractivity contribution < 1.29 is 19.1 Å². The molecule has 7 heteroatoms. The minimum atomic E-state index is -0.899. The van der Waals surface area contributed by atoms with Crippen molar-refractivity contribution in [2.24, 2.45) is 5.92 Å². The molecule has 4 rings (SSSR count). The largest absolute Gasteiger partial charge is 0.353 e. The van der Waals surface area contributed by atoms with Gasteiger partial charge in [0.25, 0.3) is 5.91 Å². The van der Waals surface area contributed by atoms with E-state index >= 15 is 0 Å². The summed E-state index contributed by atoms with van der Waals surface area (Å²) in [5.41, 5.74) is 1.60. The van der Waals surface area contributed by atoms with Gasteiger partial charge in [0.05, 0.1) is 6.61 Å². The number of piperidine rings is 1. The Kier molecular flexibility index (Phi) is 7.55. The van der Waals surface area contributed by atoms with Crippen LogP contribution in [0.4, 0.5) is 0 Å². The predicted octanol–water partition coefficient (Wildman–Crippen LogP) is 3.52. The highest BCUT2D eigenvalue weighted by atomic mass is 16.5. The molecule has 2 aliphatic heterocycles. The summed E-state index contributed by atoms with van der Waals surface area (Å²) in [4.78, 5) is 43.2. The average molecular weight is 478 g/mol. The van der Waals surface area contributed by atoms with Gasteiger partial charge >= 0.3 is 0 Å². The molecule has 1 N–H and O–H groups in total. The Morgan fingerprint density at radius 3 is 2.43 bits per heavy atom. The van der Waals surface area contributed by atoms with Crippen molar-refractivity contribution >= 4 is 17.7 Å². The van der Waals surface area contributed by atoms with Crippen LogP contribution in [0.15, 0.2) is 54.6 Å². The molecular weight excluding hydrogens is 442 g/mol. The highest BCUT2D eigenvalue weighted by molar-refractivity contribution is 5.98. The van der Waals surface area contributed by atoms with Crippen LogP contribution in [0.5, 0.6) is 0 Å². The summed E-state index contributed by atoms with van der Waals surface area (Å²) in [6.45, 7) is 7.53. The van der Waals surface area contributed by atoms with E-state index in [2.05, 4.69) is 5.32 Å². The van der Waals surface area contributed by atoms with Crippen LogP contribution in [-0.4, -0.2) is 59.0 Å². The lowest BCUT2D eigenvalue weighted by Gasteiger charge is -2.44. The fraction of sp³-hybridized carbons (Fsp3) is 0.464. The van der Waals surface area contributed by atoms with Gasteiger partial charge in [-0.3, -0.25) is 19.3 Å². The van der Waals surface area contributed by atoms with E-state index in [0.717, 1.165) is 11.1 Å². The summed E-state index contributed by atoms with van der Waals surface area (Å²) in [6.07, 6.45) is 1.47. The van der Waals surface area contributed by atoms with E-state index in [1.165, 1.54) is 0 Å². The molecule has 0 unspecified atom stereocenters. The lowest BCUT2D eigenvalue weighted by atomic mass is 9.95. The number of hydrogen-bond donors (Lipinski definition) is 1. The lowest BCUT2D eigenvalue weighted by Crippen LogP contribution is -2.59. The summed E-state index contributed by atoms with van der Waals surface area (Å²) < 4.78 is 6.27. The molecule has 0 bridgehead atoms. The number of nitrogens with one attached hydrogen (secondary N) is 1. The third-order valence-corrected chi connectivity index (χ3v) is 6.84. The van der Waals surface area contributed by atoms with Crippen LogP contribution in [0, 0.1) is 12.8 Å². The van der Waals surface area contributed by atoms with E-state index in [-0.39, 0.29) is 24.3 Å². The Balaban J connectivity index is 1.55. The molecule has 2 fully saturated rings. The molecule has 0 saturated carbocycles. The maximum absolute atomic E-state index is 13.8. The highest BCUT2D eigenvalue weighted by Crippen LogP contribution is 2.38. The molecule has 186 valence electrons. The number of nitrogens with zero attached hydrogens (tertiary/aromatic N) is 2. The first-order valence-corrected chi connectivity index (χ1v) is 12.4. The number of rotatable bonds is 6. The predicted molar refractivity (Wildman–Crippen MR) is 133 cm³/mol. The summed E-state index contributed by atoms with van der Waals surface area (Å²) in [5.74, 6) is -0.0298. The van der Waals surface area contributed by atoms with Crippen molar-refractivity contribution in [2.75, 3.05) is 19.7 Å². The second-order valence-corrected chi connectivity index (χ2v) is 10.00. The Morgan fingerprint density at radius 2 is 1.77 bits per heavy atom. The summed E-state index contributed by atoms with van der Waals surface area (Å²) in [5, 5.41) is 2.98. The molecule has 2 aliphatic rings. The van der Waals surface area contributed by atoms with Gasteiger partial charge in [-0.05, 0) is 30.5 Å². The third-order valence-electron chi connectivity index (χ3n) is 6.84. The Labute approximate surface area is 207 Å². The smallest absolute Gasteiger partial charge is 0.256 e. The number of likely N-dealkylation sites (tertiary alicyclic amines) is 1. The van der Waals surface area contributed by atoms with Crippen LogP contribution in [0.2, 0.25) is 0 Å². The van der Waals surface area contributed by atoms with Gasteiger partial charge in [-0.15, -0.1) is 0 Å². The van der Waals surface area contributed by atoms with Crippen LogP contribution in [0.3, 0.4) is 0 Å². The van der Waals surface area contributed by atoms with Crippen LogP contribution >= 0.6 is 0 Å². The van der Waals surface area contributed by atoms with E-state index in [9.17, 15) is 14.4 Å². The number of aryl methyl sites for hydroxylation is 1. The first-order valence-electron chi connectivity index (χ1n) is 12.4. The first-order chi connectivity index (χ1) is 16.8. The normalized spacial score (nSPS) is 19.3. The molecule has 0 radical (unpaired) electrons. The van der Waals surface area contributed by atoms with E-state index in [1.807, 2.05) is 74.2 Å². The maximum atomic E-state index is 13.8. The molecule has 7 nitrogen and oxygen atoms in total. The summed E-state index contributed by atoms with van der Waals surface area (Å²) >= 11 is 0. The first kappa shape index (κ1) is 24.9. The number of hydrogen-bond acceptors (Lipinski definition) is 4. The van der Waals surface area contributed by atoms with Gasteiger partial charge in [0.2, 0.25) is 11.8 Å². The van der Waals surface area contributed by atoms with E-state index in [1.54, 1.807) is 11.0 Å². The average Bonchev–Trinajstić information content (AvgIpc) is 3.21. The highest BCUT2D eigenvalue weighted by Gasteiger charge is 2.54. The van der Waals surface area contributed by atoms with Gasteiger partial charge < -0.3 is 15.0 Å². The van der Waals surface area contributed by atoms with Gasteiger partial charge in [-0.1, -0.05) is 61.9 Å². The molecule has 2 saturated heterocycles. The molecule has 1 spiro atoms. The minimum Gasteiger partial charge on any atom is -0.353 e. The molecular formula is C28H35N3O4. The SMILES string of the molecule is Cc1cccc(C(=O)N2[C@H](C(=O)NCc3ccccc3)COC23CCN(C(=O)CC(C)C)CC3)c1. The van der Waals surface area contributed by atoms with E-state index in [4.69, 9.17) is 4.74 Å². The fourth-order valence-electron chi connectivity index (χ4n) is 4.97. The van der Waals surface area contributed by atoms with Crippen molar-refractivity contribution in [1.29, 1.82) is 0 Å². The minimum absolute atomic E-state index is 0.126.